The molecule has 1 aromatic carbocycles. The lowest BCUT2D eigenvalue weighted by atomic mass is 10.1. The van der Waals surface area contributed by atoms with E-state index in [4.69, 9.17) is 9.47 Å². The molecule has 1 aliphatic heterocycles. The van der Waals surface area contributed by atoms with Gasteiger partial charge in [0, 0.05) is 22.4 Å². The Hall–Kier alpha value is -2.01. The van der Waals surface area contributed by atoms with Crippen LogP contribution in [0.25, 0.3) is 0 Å². The van der Waals surface area contributed by atoms with Gasteiger partial charge in [0.15, 0.2) is 11.5 Å². The molecule has 0 unspecified atom stereocenters. The van der Waals surface area contributed by atoms with E-state index in [1.165, 1.54) is 4.88 Å². The molecule has 1 amide bonds. The van der Waals surface area contributed by atoms with Crippen molar-refractivity contribution in [1.82, 2.24) is 5.32 Å². The summed E-state index contributed by atoms with van der Waals surface area (Å²) in [5.74, 6) is 1.28. The summed E-state index contributed by atoms with van der Waals surface area (Å²) in [6.45, 7) is 0.919. The summed E-state index contributed by atoms with van der Waals surface area (Å²) in [6.07, 6.45) is 2.30. The minimum absolute atomic E-state index is 0.0591. The van der Waals surface area contributed by atoms with Crippen LogP contribution in [-0.2, 0) is 5.41 Å². The van der Waals surface area contributed by atoms with E-state index in [0.29, 0.717) is 23.6 Å². The lowest BCUT2D eigenvalue weighted by molar-refractivity contribution is 0.0949. The van der Waals surface area contributed by atoms with E-state index in [0.717, 1.165) is 12.8 Å². The van der Waals surface area contributed by atoms with Gasteiger partial charge in [0.2, 0.25) is 6.79 Å². The third kappa shape index (κ3) is 2.27. The number of hydrogen-bond acceptors (Lipinski definition) is 4. The predicted molar refractivity (Wildman–Crippen MR) is 80.1 cm³/mol. The third-order valence-electron chi connectivity index (χ3n) is 4.12. The number of amides is 1. The molecule has 2 heterocycles. The molecule has 2 aliphatic rings. The highest BCUT2D eigenvalue weighted by Gasteiger charge is 2.45. The highest BCUT2D eigenvalue weighted by atomic mass is 32.1. The fourth-order valence-corrected chi connectivity index (χ4v) is 3.62. The molecule has 1 saturated carbocycles. The van der Waals surface area contributed by atoms with Crippen molar-refractivity contribution in [2.45, 2.75) is 18.3 Å². The summed E-state index contributed by atoms with van der Waals surface area (Å²) < 4.78 is 10.6. The molecule has 1 aliphatic carbocycles. The number of thiophene rings is 1. The summed E-state index contributed by atoms with van der Waals surface area (Å²) in [5, 5.41) is 5.14. The first-order valence-corrected chi connectivity index (χ1v) is 7.87. The molecular formula is C16H15NO3S. The fourth-order valence-electron chi connectivity index (χ4n) is 2.63. The summed E-state index contributed by atoms with van der Waals surface area (Å²) in [7, 11) is 0. The van der Waals surface area contributed by atoms with Crippen molar-refractivity contribution in [2.24, 2.45) is 0 Å². The first-order chi connectivity index (χ1) is 10.3. The van der Waals surface area contributed by atoms with E-state index in [1.54, 1.807) is 29.5 Å². The van der Waals surface area contributed by atoms with Crippen LogP contribution in [0.4, 0.5) is 0 Å². The summed E-state index contributed by atoms with van der Waals surface area (Å²) >= 11 is 1.77. The number of ether oxygens (including phenoxy) is 2. The molecule has 0 bridgehead atoms. The topological polar surface area (TPSA) is 47.6 Å². The molecule has 4 nitrogen and oxygen atoms in total. The Bertz CT molecular complexity index is 677. The van der Waals surface area contributed by atoms with Crippen LogP contribution >= 0.6 is 11.3 Å². The molecule has 108 valence electrons. The van der Waals surface area contributed by atoms with Crippen molar-refractivity contribution >= 4 is 17.2 Å². The van der Waals surface area contributed by atoms with Crippen LogP contribution in [0.15, 0.2) is 35.7 Å². The molecule has 1 fully saturated rings. The lowest BCUT2D eigenvalue weighted by Gasteiger charge is -2.14. The highest BCUT2D eigenvalue weighted by molar-refractivity contribution is 7.10. The Morgan fingerprint density at radius 3 is 2.86 bits per heavy atom. The molecule has 4 rings (SSSR count). The van der Waals surface area contributed by atoms with Crippen molar-refractivity contribution in [1.29, 1.82) is 0 Å². The number of fused-ring (bicyclic) bond motifs is 1. The van der Waals surface area contributed by atoms with E-state index < -0.39 is 0 Å². The number of benzene rings is 1. The zero-order valence-corrected chi connectivity index (χ0v) is 12.2. The SMILES string of the molecule is O=C(NCC1(c2cccs2)CC1)c1ccc2c(c1)OCO2. The van der Waals surface area contributed by atoms with Crippen LogP contribution in [0, 0.1) is 0 Å². The molecular weight excluding hydrogens is 286 g/mol. The largest absolute Gasteiger partial charge is 0.454 e. The summed E-state index contributed by atoms with van der Waals surface area (Å²) in [6, 6.07) is 9.52. The Balaban J connectivity index is 1.45. The second-order valence-electron chi connectivity index (χ2n) is 5.51. The maximum Gasteiger partial charge on any atom is 0.251 e. The van der Waals surface area contributed by atoms with Crippen LogP contribution in [0.1, 0.15) is 28.1 Å². The van der Waals surface area contributed by atoms with Gasteiger partial charge >= 0.3 is 0 Å². The zero-order chi connectivity index (χ0) is 14.3. The lowest BCUT2D eigenvalue weighted by Crippen LogP contribution is -2.31. The minimum Gasteiger partial charge on any atom is -0.454 e. The monoisotopic (exact) mass is 301 g/mol. The van der Waals surface area contributed by atoms with E-state index in [-0.39, 0.29) is 18.1 Å². The molecule has 21 heavy (non-hydrogen) atoms. The standard InChI is InChI=1S/C16H15NO3S/c18-15(11-3-4-12-13(8-11)20-10-19-12)17-9-16(5-6-16)14-2-1-7-21-14/h1-4,7-8H,5-6,9-10H2,(H,17,18). The van der Waals surface area contributed by atoms with Gasteiger partial charge in [-0.05, 0) is 42.5 Å². The van der Waals surface area contributed by atoms with Crippen LogP contribution in [0.5, 0.6) is 11.5 Å². The smallest absolute Gasteiger partial charge is 0.251 e. The van der Waals surface area contributed by atoms with Gasteiger partial charge in [-0.3, -0.25) is 4.79 Å². The van der Waals surface area contributed by atoms with Crippen molar-refractivity contribution in [2.75, 3.05) is 13.3 Å². The molecule has 0 spiro atoms. The first kappa shape index (κ1) is 12.7. The average molecular weight is 301 g/mol. The molecule has 0 atom stereocenters. The summed E-state index contributed by atoms with van der Waals surface area (Å²) in [5.41, 5.74) is 0.779. The van der Waals surface area contributed by atoms with Gasteiger partial charge in [-0.15, -0.1) is 11.3 Å². The van der Waals surface area contributed by atoms with E-state index in [9.17, 15) is 4.79 Å². The fraction of sp³-hybridized carbons (Fsp3) is 0.312. The quantitative estimate of drug-likeness (QED) is 0.944. The number of nitrogens with one attached hydrogen (secondary N) is 1. The van der Waals surface area contributed by atoms with E-state index in [2.05, 4.69) is 22.8 Å². The van der Waals surface area contributed by atoms with Gasteiger partial charge in [-0.2, -0.15) is 0 Å². The van der Waals surface area contributed by atoms with Gasteiger partial charge in [0.25, 0.3) is 5.91 Å². The average Bonchev–Trinajstić information content (AvgIpc) is 2.96. The summed E-state index contributed by atoms with van der Waals surface area (Å²) in [4.78, 5) is 13.7. The van der Waals surface area contributed by atoms with Crippen LogP contribution < -0.4 is 14.8 Å². The Morgan fingerprint density at radius 1 is 1.24 bits per heavy atom. The number of hydrogen-bond donors (Lipinski definition) is 1. The zero-order valence-electron chi connectivity index (χ0n) is 11.4. The van der Waals surface area contributed by atoms with Crippen LogP contribution in [-0.4, -0.2) is 19.2 Å². The minimum atomic E-state index is -0.0591. The molecule has 2 aromatic rings. The predicted octanol–water partition coefficient (Wildman–Crippen LogP) is 2.94. The van der Waals surface area contributed by atoms with Gasteiger partial charge in [-0.25, -0.2) is 0 Å². The highest BCUT2D eigenvalue weighted by Crippen LogP contribution is 2.49. The van der Waals surface area contributed by atoms with Crippen molar-refractivity contribution in [3.8, 4) is 11.5 Å². The second kappa shape index (κ2) is 4.77. The van der Waals surface area contributed by atoms with Crippen molar-refractivity contribution < 1.29 is 14.3 Å². The van der Waals surface area contributed by atoms with E-state index >= 15 is 0 Å². The Labute approximate surface area is 126 Å². The maximum absolute atomic E-state index is 12.3. The normalized spacial score (nSPS) is 17.5. The molecule has 0 radical (unpaired) electrons. The molecule has 1 aromatic heterocycles. The molecule has 0 saturated heterocycles. The third-order valence-corrected chi connectivity index (χ3v) is 5.24. The van der Waals surface area contributed by atoms with E-state index in [1.807, 2.05) is 0 Å². The number of carbonyl (C=O) groups is 1. The first-order valence-electron chi connectivity index (χ1n) is 6.99. The second-order valence-corrected chi connectivity index (χ2v) is 6.46. The Morgan fingerprint density at radius 2 is 2.10 bits per heavy atom. The van der Waals surface area contributed by atoms with Crippen LogP contribution in [0.2, 0.25) is 0 Å². The molecule has 1 N–H and O–H groups in total. The van der Waals surface area contributed by atoms with Crippen LogP contribution in [0.3, 0.4) is 0 Å². The molecule has 5 heteroatoms. The van der Waals surface area contributed by atoms with Gasteiger partial charge in [-0.1, -0.05) is 6.07 Å². The van der Waals surface area contributed by atoms with Gasteiger partial charge in [0.1, 0.15) is 0 Å². The van der Waals surface area contributed by atoms with Gasteiger partial charge in [0.05, 0.1) is 0 Å². The van der Waals surface area contributed by atoms with Crippen molar-refractivity contribution in [3.05, 3.63) is 46.2 Å². The number of rotatable bonds is 4. The number of carbonyl (C=O) groups excluding carboxylic acids is 1. The Kier molecular flexibility index (Phi) is 2.89. The van der Waals surface area contributed by atoms with Gasteiger partial charge < -0.3 is 14.8 Å². The van der Waals surface area contributed by atoms with Crippen molar-refractivity contribution in [3.63, 3.8) is 0 Å². The maximum atomic E-state index is 12.3.